The van der Waals surface area contributed by atoms with Crippen LogP contribution in [0.3, 0.4) is 0 Å². The Hall–Kier alpha value is -3.22. The third-order valence-corrected chi connectivity index (χ3v) is 5.46. The average Bonchev–Trinajstić information content (AvgIpc) is 3.40. The fourth-order valence-corrected chi connectivity index (χ4v) is 3.80. The van der Waals surface area contributed by atoms with Crippen molar-refractivity contribution >= 4 is 22.9 Å². The quantitative estimate of drug-likeness (QED) is 0.529. The highest BCUT2D eigenvalue weighted by molar-refractivity contribution is 7.10. The number of benzene rings is 2. The van der Waals surface area contributed by atoms with Crippen molar-refractivity contribution in [3.63, 3.8) is 0 Å². The van der Waals surface area contributed by atoms with E-state index in [1.165, 1.54) is 11.3 Å². The summed E-state index contributed by atoms with van der Waals surface area (Å²) in [7, 11) is 1.90. The SMILES string of the molecule is Cn1ccnc1-c1ccccc1C(=O)Nc1ccc(C(O)c2cccs2)cc1. The number of aliphatic hydroxyl groups excluding tert-OH is 1. The minimum absolute atomic E-state index is 0.204. The fourth-order valence-electron chi connectivity index (χ4n) is 3.06. The molecule has 0 aliphatic carbocycles. The van der Waals surface area contributed by atoms with E-state index in [0.29, 0.717) is 11.3 Å². The second-order valence-corrected chi connectivity index (χ2v) is 7.38. The van der Waals surface area contributed by atoms with Gasteiger partial charge in [0.25, 0.3) is 5.91 Å². The summed E-state index contributed by atoms with van der Waals surface area (Å²) in [5.41, 5.74) is 2.78. The highest BCUT2D eigenvalue weighted by Gasteiger charge is 2.16. The number of hydrogen-bond acceptors (Lipinski definition) is 4. The third kappa shape index (κ3) is 3.60. The zero-order valence-corrected chi connectivity index (χ0v) is 16.1. The molecule has 1 amide bonds. The van der Waals surface area contributed by atoms with E-state index in [4.69, 9.17) is 0 Å². The van der Waals surface area contributed by atoms with Gasteiger partial charge in [0.2, 0.25) is 0 Å². The van der Waals surface area contributed by atoms with Gasteiger partial charge in [-0.2, -0.15) is 0 Å². The number of amides is 1. The summed E-state index contributed by atoms with van der Waals surface area (Å²) in [6.07, 6.45) is 2.90. The Morgan fingerprint density at radius 2 is 1.89 bits per heavy atom. The van der Waals surface area contributed by atoms with Crippen LogP contribution in [0.25, 0.3) is 11.4 Å². The first-order chi connectivity index (χ1) is 13.6. The molecule has 0 bridgehead atoms. The van der Waals surface area contributed by atoms with Gasteiger partial charge in [0.1, 0.15) is 11.9 Å². The van der Waals surface area contributed by atoms with Crippen LogP contribution in [0.1, 0.15) is 26.9 Å². The molecular weight excluding hydrogens is 370 g/mol. The maximum absolute atomic E-state index is 12.9. The Morgan fingerprint density at radius 3 is 2.57 bits per heavy atom. The number of carbonyl (C=O) groups excluding carboxylic acids is 1. The van der Waals surface area contributed by atoms with E-state index >= 15 is 0 Å². The van der Waals surface area contributed by atoms with Crippen LogP contribution in [0.5, 0.6) is 0 Å². The van der Waals surface area contributed by atoms with Gasteiger partial charge in [-0.3, -0.25) is 4.79 Å². The topological polar surface area (TPSA) is 67.2 Å². The van der Waals surface area contributed by atoms with Crippen LogP contribution < -0.4 is 5.32 Å². The zero-order valence-electron chi connectivity index (χ0n) is 15.2. The summed E-state index contributed by atoms with van der Waals surface area (Å²) < 4.78 is 1.88. The van der Waals surface area contributed by atoms with Crippen LogP contribution in [-0.2, 0) is 7.05 Å². The van der Waals surface area contributed by atoms with Gasteiger partial charge >= 0.3 is 0 Å². The molecule has 0 saturated heterocycles. The number of aromatic nitrogens is 2. The zero-order chi connectivity index (χ0) is 19.5. The van der Waals surface area contributed by atoms with Crippen molar-refractivity contribution in [3.8, 4) is 11.4 Å². The lowest BCUT2D eigenvalue weighted by Crippen LogP contribution is -2.14. The van der Waals surface area contributed by atoms with E-state index < -0.39 is 6.10 Å². The van der Waals surface area contributed by atoms with E-state index in [1.54, 1.807) is 24.4 Å². The Labute approximate surface area is 166 Å². The van der Waals surface area contributed by atoms with Gasteiger partial charge in [-0.1, -0.05) is 36.4 Å². The molecule has 2 N–H and O–H groups in total. The average molecular weight is 389 g/mol. The Balaban J connectivity index is 1.54. The third-order valence-electron chi connectivity index (χ3n) is 4.53. The van der Waals surface area contributed by atoms with Crippen molar-refractivity contribution in [1.29, 1.82) is 0 Å². The fraction of sp³-hybridized carbons (Fsp3) is 0.0909. The summed E-state index contributed by atoms with van der Waals surface area (Å²) in [6.45, 7) is 0. The van der Waals surface area contributed by atoms with Crippen molar-refractivity contribution in [2.45, 2.75) is 6.10 Å². The Morgan fingerprint density at radius 1 is 1.11 bits per heavy atom. The molecule has 1 unspecified atom stereocenters. The van der Waals surface area contributed by atoms with Crippen LogP contribution >= 0.6 is 11.3 Å². The molecule has 0 aliphatic rings. The molecule has 2 aromatic carbocycles. The second-order valence-electron chi connectivity index (χ2n) is 6.40. The Kier molecular flexibility index (Phi) is 5.06. The predicted molar refractivity (Wildman–Crippen MR) is 111 cm³/mol. The summed E-state index contributed by atoms with van der Waals surface area (Å²) in [5.74, 6) is 0.533. The first-order valence-electron chi connectivity index (χ1n) is 8.83. The van der Waals surface area contributed by atoms with Crippen molar-refractivity contribution in [3.05, 3.63) is 94.4 Å². The molecule has 2 aromatic heterocycles. The van der Waals surface area contributed by atoms with Crippen molar-refractivity contribution in [2.75, 3.05) is 5.32 Å². The first-order valence-corrected chi connectivity index (χ1v) is 9.71. The van der Waals surface area contributed by atoms with Crippen LogP contribution in [0.15, 0.2) is 78.4 Å². The van der Waals surface area contributed by atoms with E-state index in [0.717, 1.165) is 21.8 Å². The van der Waals surface area contributed by atoms with Gasteiger partial charge in [-0.25, -0.2) is 4.98 Å². The van der Waals surface area contributed by atoms with E-state index in [1.807, 2.05) is 65.7 Å². The van der Waals surface area contributed by atoms with Gasteiger partial charge in [-0.05, 0) is 35.2 Å². The van der Waals surface area contributed by atoms with Gasteiger partial charge in [0.15, 0.2) is 0 Å². The monoisotopic (exact) mass is 389 g/mol. The maximum Gasteiger partial charge on any atom is 0.256 e. The molecule has 0 aliphatic heterocycles. The van der Waals surface area contributed by atoms with Crippen molar-refractivity contribution < 1.29 is 9.90 Å². The predicted octanol–water partition coefficient (Wildman–Crippen LogP) is 4.48. The smallest absolute Gasteiger partial charge is 0.256 e. The van der Waals surface area contributed by atoms with Crippen molar-refractivity contribution in [2.24, 2.45) is 7.05 Å². The molecule has 4 rings (SSSR count). The number of carbonyl (C=O) groups is 1. The number of imidazole rings is 1. The highest BCUT2D eigenvalue weighted by atomic mass is 32.1. The van der Waals surface area contributed by atoms with E-state index in [2.05, 4.69) is 10.3 Å². The molecule has 5 nitrogen and oxygen atoms in total. The van der Waals surface area contributed by atoms with Gasteiger partial charge in [0.05, 0.1) is 5.56 Å². The summed E-state index contributed by atoms with van der Waals surface area (Å²) in [4.78, 5) is 18.1. The van der Waals surface area contributed by atoms with Crippen LogP contribution in [0.2, 0.25) is 0 Å². The van der Waals surface area contributed by atoms with E-state index in [9.17, 15) is 9.90 Å². The normalized spacial score (nSPS) is 11.9. The van der Waals surface area contributed by atoms with Gasteiger partial charge in [-0.15, -0.1) is 11.3 Å². The molecule has 2 heterocycles. The lowest BCUT2D eigenvalue weighted by atomic mass is 10.1. The molecule has 1 atom stereocenters. The van der Waals surface area contributed by atoms with Crippen LogP contribution in [0.4, 0.5) is 5.69 Å². The first kappa shape index (κ1) is 18.2. The van der Waals surface area contributed by atoms with Crippen LogP contribution in [0, 0.1) is 0 Å². The molecule has 0 spiro atoms. The second kappa shape index (κ2) is 7.80. The van der Waals surface area contributed by atoms with Gasteiger partial charge in [0, 0.05) is 35.6 Å². The molecule has 6 heteroatoms. The van der Waals surface area contributed by atoms with Gasteiger partial charge < -0.3 is 15.0 Å². The molecule has 0 radical (unpaired) electrons. The molecule has 0 saturated carbocycles. The maximum atomic E-state index is 12.9. The summed E-state index contributed by atoms with van der Waals surface area (Å²) in [5, 5.41) is 15.3. The number of aryl methyl sites for hydroxylation is 1. The number of hydrogen-bond donors (Lipinski definition) is 2. The Bertz CT molecular complexity index is 1090. The largest absolute Gasteiger partial charge is 0.383 e. The van der Waals surface area contributed by atoms with E-state index in [-0.39, 0.29) is 5.91 Å². The van der Waals surface area contributed by atoms with Crippen LogP contribution in [-0.4, -0.2) is 20.6 Å². The molecule has 0 fully saturated rings. The highest BCUT2D eigenvalue weighted by Crippen LogP contribution is 2.27. The number of aliphatic hydroxyl groups is 1. The number of thiophene rings is 1. The standard InChI is InChI=1S/C22H19N3O2S/c1-25-13-12-23-21(25)17-5-2-3-6-18(17)22(27)24-16-10-8-15(9-11-16)20(26)19-7-4-14-28-19/h2-14,20,26H,1H3,(H,24,27). The number of rotatable bonds is 5. The summed E-state index contributed by atoms with van der Waals surface area (Å²) >= 11 is 1.51. The molecule has 140 valence electrons. The van der Waals surface area contributed by atoms with Crippen molar-refractivity contribution in [1.82, 2.24) is 9.55 Å². The number of nitrogens with one attached hydrogen (secondary N) is 1. The summed E-state index contributed by atoms with van der Waals surface area (Å²) in [6, 6.07) is 18.5. The number of anilines is 1. The molecule has 4 aromatic rings. The minimum Gasteiger partial charge on any atom is -0.383 e. The lowest BCUT2D eigenvalue weighted by molar-refractivity contribution is 0.102. The minimum atomic E-state index is -0.658. The number of nitrogens with zero attached hydrogens (tertiary/aromatic N) is 2. The lowest BCUT2D eigenvalue weighted by Gasteiger charge is -2.12. The molecular formula is C22H19N3O2S. The molecule has 28 heavy (non-hydrogen) atoms.